The molecule has 1 amide bonds. The summed E-state index contributed by atoms with van der Waals surface area (Å²) in [5.41, 5.74) is 6.75. The van der Waals surface area contributed by atoms with Gasteiger partial charge < -0.3 is 20.1 Å². The number of hydrogen-bond donors (Lipinski definition) is 1. The molecule has 1 aromatic carbocycles. The Morgan fingerprint density at radius 3 is 2.72 bits per heavy atom. The molecule has 0 spiro atoms. The topological polar surface area (TPSA) is 64.8 Å². The first kappa shape index (κ1) is 14.3. The molecule has 0 heterocycles. The fraction of sp³-hybridized carbons (Fsp3) is 0.462. The Morgan fingerprint density at radius 1 is 1.39 bits per heavy atom. The first-order chi connectivity index (χ1) is 8.60. The Balaban J connectivity index is 2.76. The first-order valence-corrected chi connectivity index (χ1v) is 5.78. The second-order valence-corrected chi connectivity index (χ2v) is 4.03. The Hall–Kier alpha value is -1.75. The van der Waals surface area contributed by atoms with E-state index in [4.69, 9.17) is 15.2 Å². The van der Waals surface area contributed by atoms with Crippen molar-refractivity contribution in [2.45, 2.75) is 6.42 Å². The molecule has 5 nitrogen and oxygen atoms in total. The second kappa shape index (κ2) is 6.86. The molecule has 0 aliphatic carbocycles. The Bertz CT molecular complexity index is 407. The molecule has 0 saturated carbocycles. The van der Waals surface area contributed by atoms with Crippen LogP contribution in [0.1, 0.15) is 16.8 Å². The van der Waals surface area contributed by atoms with Crippen LogP contribution in [-0.2, 0) is 4.74 Å². The van der Waals surface area contributed by atoms with Crippen LogP contribution in [0.3, 0.4) is 0 Å². The molecular formula is C13H20N2O3. The standard InChI is InChI=1S/C13H20N2O3/c1-15(7-4-8-17-2)13(16)11-6-5-10(14)9-12(11)18-3/h5-6,9H,4,7-8,14H2,1-3H3. The number of nitrogens with two attached hydrogens (primary N) is 1. The minimum Gasteiger partial charge on any atom is -0.496 e. The molecule has 2 N–H and O–H groups in total. The van der Waals surface area contributed by atoms with E-state index in [9.17, 15) is 4.79 Å². The van der Waals surface area contributed by atoms with E-state index in [0.717, 1.165) is 6.42 Å². The average molecular weight is 252 g/mol. The van der Waals surface area contributed by atoms with Crippen LogP contribution in [-0.4, -0.2) is 45.2 Å². The van der Waals surface area contributed by atoms with Crippen LogP contribution in [0.15, 0.2) is 18.2 Å². The molecule has 1 aromatic rings. The van der Waals surface area contributed by atoms with Crippen molar-refractivity contribution in [1.29, 1.82) is 0 Å². The minimum atomic E-state index is -0.0806. The molecule has 0 aliphatic rings. The number of carbonyl (C=O) groups is 1. The highest BCUT2D eigenvalue weighted by Gasteiger charge is 2.16. The monoisotopic (exact) mass is 252 g/mol. The Morgan fingerprint density at radius 2 is 2.11 bits per heavy atom. The largest absolute Gasteiger partial charge is 0.496 e. The molecule has 0 fully saturated rings. The van der Waals surface area contributed by atoms with Crippen LogP contribution in [0.4, 0.5) is 5.69 Å². The summed E-state index contributed by atoms with van der Waals surface area (Å²) < 4.78 is 10.1. The number of methoxy groups -OCH3 is 2. The van der Waals surface area contributed by atoms with E-state index in [1.165, 1.54) is 7.11 Å². The normalized spacial score (nSPS) is 10.2. The van der Waals surface area contributed by atoms with Gasteiger partial charge in [0, 0.05) is 39.1 Å². The van der Waals surface area contributed by atoms with Gasteiger partial charge in [-0.1, -0.05) is 0 Å². The van der Waals surface area contributed by atoms with Gasteiger partial charge in [-0.3, -0.25) is 4.79 Å². The zero-order valence-electron chi connectivity index (χ0n) is 11.1. The number of benzene rings is 1. The number of carbonyl (C=O) groups excluding carboxylic acids is 1. The van der Waals surface area contributed by atoms with Gasteiger partial charge in [0.05, 0.1) is 12.7 Å². The molecule has 1 rings (SSSR count). The van der Waals surface area contributed by atoms with Gasteiger partial charge in [-0.25, -0.2) is 0 Å². The number of rotatable bonds is 6. The summed E-state index contributed by atoms with van der Waals surface area (Å²) in [5, 5.41) is 0. The lowest BCUT2D eigenvalue weighted by Gasteiger charge is -2.18. The van der Waals surface area contributed by atoms with Crippen LogP contribution in [0.2, 0.25) is 0 Å². The lowest BCUT2D eigenvalue weighted by Crippen LogP contribution is -2.28. The maximum absolute atomic E-state index is 12.2. The SMILES string of the molecule is COCCCN(C)C(=O)c1ccc(N)cc1OC. The number of nitrogens with zero attached hydrogens (tertiary/aromatic N) is 1. The maximum Gasteiger partial charge on any atom is 0.257 e. The first-order valence-electron chi connectivity index (χ1n) is 5.78. The van der Waals surface area contributed by atoms with Crippen LogP contribution < -0.4 is 10.5 Å². The van der Waals surface area contributed by atoms with E-state index in [-0.39, 0.29) is 5.91 Å². The summed E-state index contributed by atoms with van der Waals surface area (Å²) in [6, 6.07) is 5.03. The van der Waals surface area contributed by atoms with Crippen molar-refractivity contribution in [3.8, 4) is 5.75 Å². The summed E-state index contributed by atoms with van der Waals surface area (Å²) in [6.45, 7) is 1.27. The zero-order valence-corrected chi connectivity index (χ0v) is 11.1. The van der Waals surface area contributed by atoms with Gasteiger partial charge in [0.15, 0.2) is 0 Å². The molecule has 18 heavy (non-hydrogen) atoms. The van der Waals surface area contributed by atoms with Gasteiger partial charge in [-0.15, -0.1) is 0 Å². The van der Waals surface area contributed by atoms with E-state index in [1.54, 1.807) is 37.3 Å². The summed E-state index contributed by atoms with van der Waals surface area (Å²) in [4.78, 5) is 13.8. The zero-order chi connectivity index (χ0) is 13.5. The third-order valence-electron chi connectivity index (χ3n) is 2.64. The second-order valence-electron chi connectivity index (χ2n) is 4.03. The van der Waals surface area contributed by atoms with Crippen molar-refractivity contribution in [3.05, 3.63) is 23.8 Å². The molecule has 0 radical (unpaired) electrons. The van der Waals surface area contributed by atoms with E-state index in [1.807, 2.05) is 0 Å². The molecule has 0 atom stereocenters. The molecular weight excluding hydrogens is 232 g/mol. The van der Waals surface area contributed by atoms with Gasteiger partial charge in [-0.2, -0.15) is 0 Å². The van der Waals surface area contributed by atoms with Crippen molar-refractivity contribution in [1.82, 2.24) is 4.90 Å². The van der Waals surface area contributed by atoms with Crippen LogP contribution in [0.25, 0.3) is 0 Å². The average Bonchev–Trinajstić information content (AvgIpc) is 2.37. The molecule has 100 valence electrons. The highest BCUT2D eigenvalue weighted by Crippen LogP contribution is 2.22. The predicted molar refractivity (Wildman–Crippen MR) is 70.9 cm³/mol. The van der Waals surface area contributed by atoms with Gasteiger partial charge in [0.25, 0.3) is 5.91 Å². The van der Waals surface area contributed by atoms with E-state index in [0.29, 0.717) is 30.2 Å². The lowest BCUT2D eigenvalue weighted by molar-refractivity contribution is 0.0776. The summed E-state index contributed by atoms with van der Waals surface area (Å²) in [5.74, 6) is 0.418. The number of amides is 1. The fourth-order valence-corrected chi connectivity index (χ4v) is 1.64. The summed E-state index contributed by atoms with van der Waals surface area (Å²) in [7, 11) is 4.93. The van der Waals surface area contributed by atoms with Crippen molar-refractivity contribution in [2.24, 2.45) is 0 Å². The number of ether oxygens (including phenoxy) is 2. The molecule has 5 heteroatoms. The lowest BCUT2D eigenvalue weighted by atomic mass is 10.1. The van der Waals surface area contributed by atoms with Crippen LogP contribution in [0.5, 0.6) is 5.75 Å². The summed E-state index contributed by atoms with van der Waals surface area (Å²) in [6.07, 6.45) is 0.802. The molecule has 0 bridgehead atoms. The molecule has 0 unspecified atom stereocenters. The van der Waals surface area contributed by atoms with Gasteiger partial charge in [0.2, 0.25) is 0 Å². The summed E-state index contributed by atoms with van der Waals surface area (Å²) >= 11 is 0. The minimum absolute atomic E-state index is 0.0806. The predicted octanol–water partition coefficient (Wildman–Crippen LogP) is 1.39. The smallest absolute Gasteiger partial charge is 0.257 e. The van der Waals surface area contributed by atoms with E-state index < -0.39 is 0 Å². The Kier molecular flexibility index (Phi) is 5.45. The third-order valence-corrected chi connectivity index (χ3v) is 2.64. The van der Waals surface area contributed by atoms with E-state index >= 15 is 0 Å². The van der Waals surface area contributed by atoms with Gasteiger partial charge >= 0.3 is 0 Å². The van der Waals surface area contributed by atoms with Crippen molar-refractivity contribution in [2.75, 3.05) is 40.2 Å². The highest BCUT2D eigenvalue weighted by atomic mass is 16.5. The van der Waals surface area contributed by atoms with E-state index in [2.05, 4.69) is 0 Å². The number of anilines is 1. The van der Waals surface area contributed by atoms with Gasteiger partial charge in [0.1, 0.15) is 5.75 Å². The van der Waals surface area contributed by atoms with Crippen molar-refractivity contribution < 1.29 is 14.3 Å². The fourth-order valence-electron chi connectivity index (χ4n) is 1.64. The van der Waals surface area contributed by atoms with Crippen LogP contribution >= 0.6 is 0 Å². The number of hydrogen-bond acceptors (Lipinski definition) is 4. The van der Waals surface area contributed by atoms with Crippen molar-refractivity contribution in [3.63, 3.8) is 0 Å². The molecule has 0 saturated heterocycles. The number of nitrogen functional groups attached to an aromatic ring is 1. The quantitative estimate of drug-likeness (QED) is 0.613. The van der Waals surface area contributed by atoms with Crippen LogP contribution in [0, 0.1) is 0 Å². The third kappa shape index (κ3) is 3.63. The highest BCUT2D eigenvalue weighted by molar-refractivity contribution is 5.97. The molecule has 0 aliphatic heterocycles. The maximum atomic E-state index is 12.2. The molecule has 0 aromatic heterocycles. The van der Waals surface area contributed by atoms with Gasteiger partial charge in [-0.05, 0) is 18.6 Å². The van der Waals surface area contributed by atoms with Crippen molar-refractivity contribution >= 4 is 11.6 Å². The Labute approximate surface area is 107 Å².